The molecule has 0 radical (unpaired) electrons. The topological polar surface area (TPSA) is 56.2 Å². The van der Waals surface area contributed by atoms with Crippen LogP contribution in [0, 0.1) is 0 Å². The molecular weight excluding hydrogens is 266 g/mol. The number of carbonyl (C=O) groups excluding carboxylic acids is 1. The van der Waals surface area contributed by atoms with E-state index in [0.29, 0.717) is 6.42 Å². The van der Waals surface area contributed by atoms with Gasteiger partial charge in [0.1, 0.15) is 11.4 Å². The van der Waals surface area contributed by atoms with Crippen LogP contribution in [0.5, 0.6) is 0 Å². The first kappa shape index (κ1) is 17.7. The molecule has 1 aromatic rings. The van der Waals surface area contributed by atoms with Crippen molar-refractivity contribution < 1.29 is 9.53 Å². The second kappa shape index (κ2) is 7.59. The number of ether oxygens (including phenoxy) is 1. The summed E-state index contributed by atoms with van der Waals surface area (Å²) in [5.41, 5.74) is -0.698. The second-order valence-electron chi connectivity index (χ2n) is 6.18. The number of esters is 1. The summed E-state index contributed by atoms with van der Waals surface area (Å²) >= 11 is 0. The first-order valence-corrected chi connectivity index (χ1v) is 7.71. The third kappa shape index (κ3) is 4.56. The maximum atomic E-state index is 12.2. The van der Waals surface area contributed by atoms with Gasteiger partial charge in [-0.15, -0.1) is 0 Å². The molecular formula is C16H29N3O2. The number of hydrogen-bond acceptors (Lipinski definition) is 4. The Morgan fingerprint density at radius 1 is 1.48 bits per heavy atom. The average Bonchev–Trinajstić information content (AvgIpc) is 2.85. The number of nitrogens with zero attached hydrogens (tertiary/aromatic N) is 2. The normalized spacial score (nSPS) is 15.8. The van der Waals surface area contributed by atoms with Crippen molar-refractivity contribution in [2.45, 2.75) is 71.5 Å². The minimum absolute atomic E-state index is 0.171. The maximum Gasteiger partial charge on any atom is 0.325 e. The Balaban J connectivity index is 2.92. The Hall–Kier alpha value is -1.36. The Morgan fingerprint density at radius 2 is 2.14 bits per heavy atom. The Morgan fingerprint density at radius 3 is 2.67 bits per heavy atom. The lowest BCUT2D eigenvalue weighted by atomic mass is 9.92. The van der Waals surface area contributed by atoms with Crippen LogP contribution in [0.2, 0.25) is 0 Å². The fraction of sp³-hybridized carbons (Fsp3) is 0.750. The zero-order valence-electron chi connectivity index (χ0n) is 14.1. The van der Waals surface area contributed by atoms with Crippen LogP contribution in [0.15, 0.2) is 12.4 Å². The minimum Gasteiger partial charge on any atom is -0.468 e. The fourth-order valence-electron chi connectivity index (χ4n) is 2.92. The minimum atomic E-state index is -0.698. The molecule has 5 heteroatoms. The van der Waals surface area contributed by atoms with E-state index >= 15 is 0 Å². The molecule has 120 valence electrons. The molecule has 0 saturated carbocycles. The van der Waals surface area contributed by atoms with Crippen LogP contribution < -0.4 is 5.32 Å². The number of rotatable bonds is 8. The third-order valence-corrected chi connectivity index (χ3v) is 3.64. The summed E-state index contributed by atoms with van der Waals surface area (Å²) < 4.78 is 7.15. The number of methoxy groups -OCH3 is 1. The fourth-order valence-corrected chi connectivity index (χ4v) is 2.92. The van der Waals surface area contributed by atoms with Gasteiger partial charge in [-0.25, -0.2) is 4.98 Å². The van der Waals surface area contributed by atoms with Gasteiger partial charge in [-0.2, -0.15) is 0 Å². The molecule has 0 aliphatic rings. The van der Waals surface area contributed by atoms with Gasteiger partial charge in [0.05, 0.1) is 7.11 Å². The predicted octanol–water partition coefficient (Wildman–Crippen LogP) is 2.72. The summed E-state index contributed by atoms with van der Waals surface area (Å²) in [6.45, 7) is 10.2. The molecule has 5 nitrogen and oxygen atoms in total. The predicted molar refractivity (Wildman–Crippen MR) is 84.2 cm³/mol. The van der Waals surface area contributed by atoms with Crippen LogP contribution in [0.4, 0.5) is 0 Å². The SMILES string of the molecule is CCCc1nccn1C(C)CC(C)(NC(C)C)C(=O)OC. The second-order valence-corrected chi connectivity index (χ2v) is 6.18. The van der Waals surface area contributed by atoms with Crippen molar-refractivity contribution in [2.24, 2.45) is 0 Å². The lowest BCUT2D eigenvalue weighted by Crippen LogP contribution is -2.54. The molecule has 2 unspecified atom stereocenters. The highest BCUT2D eigenvalue weighted by Gasteiger charge is 2.36. The van der Waals surface area contributed by atoms with E-state index in [1.807, 2.05) is 33.2 Å². The van der Waals surface area contributed by atoms with E-state index in [2.05, 4.69) is 28.7 Å². The molecule has 0 saturated heterocycles. The van der Waals surface area contributed by atoms with Crippen molar-refractivity contribution in [3.05, 3.63) is 18.2 Å². The molecule has 0 spiro atoms. The van der Waals surface area contributed by atoms with Crippen LogP contribution >= 0.6 is 0 Å². The zero-order chi connectivity index (χ0) is 16.0. The van der Waals surface area contributed by atoms with Crippen LogP contribution in [0.3, 0.4) is 0 Å². The van der Waals surface area contributed by atoms with Crippen LogP contribution in [0.25, 0.3) is 0 Å². The molecule has 1 heterocycles. The summed E-state index contributed by atoms with van der Waals surface area (Å²) in [5.74, 6) is 0.849. The summed E-state index contributed by atoms with van der Waals surface area (Å²) in [4.78, 5) is 16.6. The quantitative estimate of drug-likeness (QED) is 0.749. The monoisotopic (exact) mass is 295 g/mol. The first-order valence-electron chi connectivity index (χ1n) is 7.71. The molecule has 0 aliphatic heterocycles. The van der Waals surface area contributed by atoms with Crippen molar-refractivity contribution in [3.63, 3.8) is 0 Å². The van der Waals surface area contributed by atoms with Crippen molar-refractivity contribution in [1.82, 2.24) is 14.9 Å². The Labute approximate surface area is 128 Å². The van der Waals surface area contributed by atoms with Crippen molar-refractivity contribution in [3.8, 4) is 0 Å². The highest BCUT2D eigenvalue weighted by atomic mass is 16.5. The van der Waals surface area contributed by atoms with Gasteiger partial charge < -0.3 is 9.30 Å². The molecule has 0 fully saturated rings. The third-order valence-electron chi connectivity index (χ3n) is 3.64. The van der Waals surface area contributed by atoms with Crippen molar-refractivity contribution in [1.29, 1.82) is 0 Å². The van der Waals surface area contributed by atoms with Gasteiger partial charge in [0.15, 0.2) is 0 Å². The van der Waals surface area contributed by atoms with Crippen molar-refractivity contribution >= 4 is 5.97 Å². The van der Waals surface area contributed by atoms with Crippen LogP contribution in [-0.2, 0) is 16.0 Å². The Kier molecular flexibility index (Phi) is 6.40. The summed E-state index contributed by atoms with van der Waals surface area (Å²) in [5, 5.41) is 3.34. The maximum absolute atomic E-state index is 12.2. The molecule has 1 N–H and O–H groups in total. The van der Waals surface area contributed by atoms with E-state index in [-0.39, 0.29) is 18.1 Å². The van der Waals surface area contributed by atoms with Gasteiger partial charge >= 0.3 is 5.97 Å². The van der Waals surface area contributed by atoms with E-state index in [0.717, 1.165) is 18.7 Å². The first-order chi connectivity index (χ1) is 9.84. The van der Waals surface area contributed by atoms with Gasteiger partial charge in [0.2, 0.25) is 0 Å². The van der Waals surface area contributed by atoms with Gasteiger partial charge in [-0.1, -0.05) is 6.92 Å². The molecule has 21 heavy (non-hydrogen) atoms. The summed E-state index contributed by atoms with van der Waals surface area (Å²) in [6.07, 6.45) is 6.48. The highest BCUT2D eigenvalue weighted by molar-refractivity contribution is 5.80. The zero-order valence-corrected chi connectivity index (χ0v) is 14.1. The number of aryl methyl sites for hydroxylation is 1. The molecule has 0 bridgehead atoms. The van der Waals surface area contributed by atoms with E-state index < -0.39 is 5.54 Å². The average molecular weight is 295 g/mol. The molecule has 0 amide bonds. The van der Waals surface area contributed by atoms with Crippen LogP contribution in [-0.4, -0.2) is 34.2 Å². The largest absolute Gasteiger partial charge is 0.468 e. The summed E-state index contributed by atoms with van der Waals surface area (Å²) in [6, 6.07) is 0.378. The Bertz CT molecular complexity index is 456. The molecule has 1 rings (SSSR count). The van der Waals surface area contributed by atoms with E-state index in [1.165, 1.54) is 7.11 Å². The van der Waals surface area contributed by atoms with E-state index in [1.54, 1.807) is 0 Å². The van der Waals surface area contributed by atoms with Crippen molar-refractivity contribution in [2.75, 3.05) is 7.11 Å². The molecule has 0 aromatic carbocycles. The lowest BCUT2D eigenvalue weighted by Gasteiger charge is -2.33. The van der Waals surface area contributed by atoms with Crippen LogP contribution in [0.1, 0.15) is 59.3 Å². The number of carbonyl (C=O) groups is 1. The van der Waals surface area contributed by atoms with E-state index in [4.69, 9.17) is 4.74 Å². The standard InChI is InChI=1S/C16H29N3O2/c1-7-8-14-17-9-10-19(14)13(4)11-16(5,15(20)21-6)18-12(2)3/h9-10,12-13,18H,7-8,11H2,1-6H3. The van der Waals surface area contributed by atoms with Gasteiger partial charge in [0.25, 0.3) is 0 Å². The molecule has 0 aliphatic carbocycles. The van der Waals surface area contributed by atoms with Gasteiger partial charge in [-0.05, 0) is 40.5 Å². The van der Waals surface area contributed by atoms with Gasteiger partial charge in [-0.3, -0.25) is 10.1 Å². The van der Waals surface area contributed by atoms with Gasteiger partial charge in [0, 0.05) is 30.9 Å². The smallest absolute Gasteiger partial charge is 0.325 e. The summed E-state index contributed by atoms with van der Waals surface area (Å²) in [7, 11) is 1.44. The number of hydrogen-bond donors (Lipinski definition) is 1. The van der Waals surface area contributed by atoms with E-state index in [9.17, 15) is 4.79 Å². The highest BCUT2D eigenvalue weighted by Crippen LogP contribution is 2.24. The molecule has 2 atom stereocenters. The number of imidazole rings is 1. The lowest BCUT2D eigenvalue weighted by molar-refractivity contribution is -0.149. The number of nitrogens with one attached hydrogen (secondary N) is 1. The number of aromatic nitrogens is 2. The molecule has 1 aromatic heterocycles.